The van der Waals surface area contributed by atoms with Gasteiger partial charge in [0.25, 0.3) is 0 Å². The third-order valence-corrected chi connectivity index (χ3v) is 3.41. The molecule has 0 heterocycles. The first-order valence-electron chi connectivity index (χ1n) is 6.57. The Morgan fingerprint density at radius 2 is 0.857 bits per heavy atom. The van der Waals surface area contributed by atoms with E-state index in [1.807, 2.05) is 13.8 Å². The first-order valence-corrected chi connectivity index (χ1v) is 6.57. The van der Waals surface area contributed by atoms with Crippen molar-refractivity contribution in [1.82, 2.24) is 0 Å². The van der Waals surface area contributed by atoms with Crippen LogP contribution in [-0.2, 0) is 0 Å². The average Bonchev–Trinajstić information content (AvgIpc) is 2.79. The van der Waals surface area contributed by atoms with Crippen LogP contribution in [0.4, 0.5) is 0 Å². The number of rotatable bonds is 0. The van der Waals surface area contributed by atoms with Gasteiger partial charge in [0.05, 0.1) is 0 Å². The van der Waals surface area contributed by atoms with Crippen LogP contribution >= 0.6 is 0 Å². The molecular formula is C21H28. The van der Waals surface area contributed by atoms with E-state index < -0.39 is 0 Å². The Labute approximate surface area is 130 Å². The van der Waals surface area contributed by atoms with E-state index in [2.05, 4.69) is 60.7 Å². The molecule has 0 bridgehead atoms. The van der Waals surface area contributed by atoms with E-state index in [9.17, 15) is 0 Å². The van der Waals surface area contributed by atoms with E-state index in [-0.39, 0.29) is 22.3 Å². The van der Waals surface area contributed by atoms with Crippen molar-refractivity contribution >= 4 is 10.8 Å². The van der Waals surface area contributed by atoms with Crippen molar-refractivity contribution in [3.63, 3.8) is 0 Å². The Balaban J connectivity index is 0.000000771. The zero-order valence-electron chi connectivity index (χ0n) is 10.8. The summed E-state index contributed by atoms with van der Waals surface area (Å²) in [6.45, 7) is 4.00. The molecule has 0 atom stereocenters. The van der Waals surface area contributed by atoms with Gasteiger partial charge in [-0.2, -0.15) is 0 Å². The Kier molecular flexibility index (Phi) is 6.88. The summed E-state index contributed by atoms with van der Waals surface area (Å²) in [6, 6.07) is 21.8. The van der Waals surface area contributed by atoms with Gasteiger partial charge in [0.2, 0.25) is 0 Å². The van der Waals surface area contributed by atoms with Crippen LogP contribution in [0.15, 0.2) is 60.7 Å². The van der Waals surface area contributed by atoms with Gasteiger partial charge in [0, 0.05) is 0 Å². The summed E-state index contributed by atoms with van der Waals surface area (Å²) in [4.78, 5) is 0. The lowest BCUT2D eigenvalue weighted by molar-refractivity contribution is 1.50. The lowest BCUT2D eigenvalue weighted by Gasteiger charge is -2.00. The summed E-state index contributed by atoms with van der Waals surface area (Å²) in [5, 5.41) is 2.75. The summed E-state index contributed by atoms with van der Waals surface area (Å²) < 4.78 is 0. The molecule has 0 N–H and O–H groups in total. The molecule has 3 aromatic rings. The smallest absolute Gasteiger partial charge is 0.00264 e. The highest BCUT2D eigenvalue weighted by molar-refractivity contribution is 6.15. The molecule has 0 aliphatic heterocycles. The zero-order valence-corrected chi connectivity index (χ0v) is 10.8. The maximum absolute atomic E-state index is 2.22. The third-order valence-electron chi connectivity index (χ3n) is 3.41. The Morgan fingerprint density at radius 3 is 1.29 bits per heavy atom. The Morgan fingerprint density at radius 1 is 0.476 bits per heavy atom. The van der Waals surface area contributed by atoms with Crippen LogP contribution in [-0.4, -0.2) is 0 Å². The van der Waals surface area contributed by atoms with Crippen LogP contribution in [0.25, 0.3) is 33.0 Å². The van der Waals surface area contributed by atoms with Crippen molar-refractivity contribution < 1.29 is 0 Å². The van der Waals surface area contributed by atoms with E-state index in [0.717, 1.165) is 0 Å². The normalized spacial score (nSPS) is 9.24. The molecule has 0 fully saturated rings. The van der Waals surface area contributed by atoms with Crippen molar-refractivity contribution in [3.05, 3.63) is 60.7 Å². The molecular weight excluding hydrogens is 252 g/mol. The minimum atomic E-state index is 0. The van der Waals surface area contributed by atoms with Crippen molar-refractivity contribution in [2.75, 3.05) is 0 Å². The van der Waals surface area contributed by atoms with Gasteiger partial charge >= 0.3 is 0 Å². The van der Waals surface area contributed by atoms with Crippen molar-refractivity contribution in [2.24, 2.45) is 0 Å². The van der Waals surface area contributed by atoms with Crippen LogP contribution in [0.2, 0.25) is 0 Å². The summed E-state index contributed by atoms with van der Waals surface area (Å²) in [6.07, 6.45) is 0. The van der Waals surface area contributed by atoms with Crippen molar-refractivity contribution in [1.29, 1.82) is 0 Å². The van der Waals surface area contributed by atoms with Gasteiger partial charge in [-0.05, 0) is 33.0 Å². The molecule has 0 unspecified atom stereocenters. The number of hydrogen-bond donors (Lipinski definition) is 0. The number of fused-ring (bicyclic) bond motifs is 3. The van der Waals surface area contributed by atoms with Crippen LogP contribution in [0.1, 0.15) is 36.1 Å². The predicted molar refractivity (Wildman–Crippen MR) is 99.9 cm³/mol. The monoisotopic (exact) mass is 280 g/mol. The molecule has 0 radical (unpaired) electrons. The summed E-state index contributed by atoms with van der Waals surface area (Å²) in [5.74, 6) is 0. The molecule has 0 saturated carbocycles. The van der Waals surface area contributed by atoms with Gasteiger partial charge < -0.3 is 0 Å². The van der Waals surface area contributed by atoms with Gasteiger partial charge in [-0.1, -0.05) is 96.8 Å². The maximum Gasteiger partial charge on any atom is -0.00264 e. The fourth-order valence-electron chi connectivity index (χ4n) is 2.74. The molecule has 3 aromatic carbocycles. The summed E-state index contributed by atoms with van der Waals surface area (Å²) in [5.41, 5.74) is 5.50. The lowest BCUT2D eigenvalue weighted by Crippen LogP contribution is -1.73. The highest BCUT2D eigenvalue weighted by atomic mass is 14.2. The minimum Gasteiger partial charge on any atom is -0.0776 e. The average molecular weight is 280 g/mol. The predicted octanol–water partition coefficient (Wildman–Crippen LogP) is 7.42. The lowest BCUT2D eigenvalue weighted by atomic mass is 10.0. The molecule has 0 nitrogen and oxygen atoms in total. The first kappa shape index (κ1) is 18.9. The van der Waals surface area contributed by atoms with E-state index in [4.69, 9.17) is 0 Å². The second-order valence-electron chi connectivity index (χ2n) is 4.25. The first-order chi connectivity index (χ1) is 8.95. The van der Waals surface area contributed by atoms with Crippen LogP contribution in [0.5, 0.6) is 0 Å². The molecule has 4 rings (SSSR count). The second kappa shape index (κ2) is 7.64. The topological polar surface area (TPSA) is 0 Å². The van der Waals surface area contributed by atoms with E-state index in [1.165, 1.54) is 33.0 Å². The van der Waals surface area contributed by atoms with Crippen LogP contribution < -0.4 is 0 Å². The Bertz CT molecular complexity index is 650. The van der Waals surface area contributed by atoms with Gasteiger partial charge in [-0.25, -0.2) is 0 Å². The largest absolute Gasteiger partial charge is 0.0776 e. The molecule has 1 aliphatic rings. The number of hydrogen-bond acceptors (Lipinski definition) is 0. The van der Waals surface area contributed by atoms with E-state index >= 15 is 0 Å². The summed E-state index contributed by atoms with van der Waals surface area (Å²) in [7, 11) is 0. The molecule has 0 aromatic heterocycles. The standard InChI is InChI=1S/C16H10.C2H6.3CH4/c1-2-8-13-12(7-1)14-9-3-5-11-6-4-10-15(13)16(11)14;1-2;;;/h1-10H;1-2H3;3*1H4. The summed E-state index contributed by atoms with van der Waals surface area (Å²) >= 11 is 0. The fourth-order valence-corrected chi connectivity index (χ4v) is 2.74. The van der Waals surface area contributed by atoms with Crippen LogP contribution in [0.3, 0.4) is 0 Å². The van der Waals surface area contributed by atoms with Crippen LogP contribution in [0, 0.1) is 0 Å². The molecule has 1 aliphatic carbocycles. The van der Waals surface area contributed by atoms with E-state index in [1.54, 1.807) is 0 Å². The Hall–Kier alpha value is -2.08. The SMILES string of the molecule is C.C.C.CC.c1ccc2c(c1)-c1cccc3cccc-2c13. The maximum atomic E-state index is 2.22. The molecule has 0 amide bonds. The van der Waals surface area contributed by atoms with Crippen molar-refractivity contribution in [2.45, 2.75) is 36.1 Å². The van der Waals surface area contributed by atoms with Gasteiger partial charge in [-0.3, -0.25) is 0 Å². The molecule has 0 saturated heterocycles. The minimum absolute atomic E-state index is 0. The molecule has 0 spiro atoms. The third kappa shape index (κ3) is 2.71. The van der Waals surface area contributed by atoms with E-state index in [0.29, 0.717) is 0 Å². The molecule has 21 heavy (non-hydrogen) atoms. The zero-order chi connectivity index (χ0) is 12.5. The molecule has 0 heteroatoms. The molecule has 112 valence electrons. The van der Waals surface area contributed by atoms with Gasteiger partial charge in [-0.15, -0.1) is 0 Å². The highest BCUT2D eigenvalue weighted by Gasteiger charge is 2.19. The number of benzene rings is 3. The van der Waals surface area contributed by atoms with Crippen molar-refractivity contribution in [3.8, 4) is 22.3 Å². The quantitative estimate of drug-likeness (QED) is 0.314. The highest BCUT2D eigenvalue weighted by Crippen LogP contribution is 2.46. The van der Waals surface area contributed by atoms with Gasteiger partial charge in [0.1, 0.15) is 0 Å². The second-order valence-corrected chi connectivity index (χ2v) is 4.25. The van der Waals surface area contributed by atoms with Gasteiger partial charge in [0.15, 0.2) is 0 Å². The fraction of sp³-hybridized carbons (Fsp3) is 0.238.